The lowest BCUT2D eigenvalue weighted by Crippen LogP contribution is -2.45. The van der Waals surface area contributed by atoms with Crippen LogP contribution in [-0.2, 0) is 0 Å². The van der Waals surface area contributed by atoms with Gasteiger partial charge in [0, 0.05) is 47.6 Å². The molecule has 39 heavy (non-hydrogen) atoms. The first-order valence-corrected chi connectivity index (χ1v) is 12.9. The molecule has 12 heteroatoms. The predicted octanol–water partition coefficient (Wildman–Crippen LogP) is 2.54. The molecular formula is C27H35N11O. The zero-order valence-corrected chi connectivity index (χ0v) is 22.9. The number of piperazine rings is 1. The molecule has 4 heterocycles. The van der Waals surface area contributed by atoms with Crippen molar-refractivity contribution in [3.8, 4) is 0 Å². The Kier molecular flexibility index (Phi) is 6.59. The van der Waals surface area contributed by atoms with E-state index in [4.69, 9.17) is 21.9 Å². The number of anilines is 4. The first-order chi connectivity index (χ1) is 18.4. The third kappa shape index (κ3) is 5.19. The summed E-state index contributed by atoms with van der Waals surface area (Å²) in [5, 5.41) is 14.1. The number of aryl methyl sites for hydroxylation is 1. The van der Waals surface area contributed by atoms with Gasteiger partial charge >= 0.3 is 0 Å². The van der Waals surface area contributed by atoms with E-state index < -0.39 is 0 Å². The molecule has 1 aromatic carbocycles. The van der Waals surface area contributed by atoms with Crippen molar-refractivity contribution in [2.75, 3.05) is 36.1 Å². The van der Waals surface area contributed by atoms with Gasteiger partial charge in [-0.2, -0.15) is 4.98 Å². The molecule has 2 atom stereocenters. The van der Waals surface area contributed by atoms with Crippen molar-refractivity contribution < 1.29 is 4.79 Å². The lowest BCUT2D eigenvalue weighted by atomic mass is 9.90. The maximum Gasteiger partial charge on any atom is 0.256 e. The smallest absolute Gasteiger partial charge is 0.256 e. The highest BCUT2D eigenvalue weighted by molar-refractivity contribution is 6.00. The van der Waals surface area contributed by atoms with E-state index in [0.717, 1.165) is 25.1 Å². The van der Waals surface area contributed by atoms with Gasteiger partial charge in [-0.05, 0) is 44.2 Å². The molecule has 2 aromatic heterocycles. The second-order valence-electron chi connectivity index (χ2n) is 11.3. The van der Waals surface area contributed by atoms with E-state index in [2.05, 4.69) is 42.4 Å². The molecule has 12 nitrogen and oxygen atoms in total. The molecule has 2 aliphatic heterocycles. The van der Waals surface area contributed by atoms with Crippen molar-refractivity contribution in [2.45, 2.75) is 46.2 Å². The number of rotatable bonds is 6. The minimum atomic E-state index is -0.385. The quantitative estimate of drug-likeness (QED) is 0.298. The van der Waals surface area contributed by atoms with Gasteiger partial charge in [0.25, 0.3) is 5.91 Å². The van der Waals surface area contributed by atoms with Crippen LogP contribution in [0, 0.1) is 17.7 Å². The molecule has 2 unspecified atom stereocenters. The van der Waals surface area contributed by atoms with Gasteiger partial charge in [0.2, 0.25) is 5.95 Å². The van der Waals surface area contributed by atoms with Crippen molar-refractivity contribution in [2.24, 2.45) is 11.1 Å². The maximum atomic E-state index is 12.9. The number of fused-ring (bicyclic) bond motifs is 3. The van der Waals surface area contributed by atoms with E-state index in [1.54, 1.807) is 12.1 Å². The van der Waals surface area contributed by atoms with Gasteiger partial charge < -0.3 is 32.4 Å². The second kappa shape index (κ2) is 9.77. The zero-order valence-electron chi connectivity index (χ0n) is 22.9. The molecule has 5 rings (SSSR count). The molecule has 0 radical (unpaired) electrons. The van der Waals surface area contributed by atoms with Crippen LogP contribution in [0.5, 0.6) is 0 Å². The standard InChI is InChI=1S/C27H35N11O/c1-14-6-7-15(25(39)34-20(29)10-19(28)27(2,3)4)8-18(14)33-24-22-21(31-13-32-24)23(30)36-26(35-22)38-12-16-9-17(38)11-37(16)5/h6-8,10,13,16-17,28H,9,11-12,29H2,1-5H3,(H,34,39)(H2,30,35,36)(H,31,32,33)/b20-10+,28-19?. The van der Waals surface area contributed by atoms with Gasteiger partial charge in [-0.25, -0.2) is 15.0 Å². The first kappa shape index (κ1) is 26.3. The Morgan fingerprint density at radius 3 is 2.59 bits per heavy atom. The van der Waals surface area contributed by atoms with E-state index >= 15 is 0 Å². The summed E-state index contributed by atoms with van der Waals surface area (Å²) in [6.07, 6.45) is 3.96. The number of nitrogens with one attached hydrogen (secondary N) is 3. The summed E-state index contributed by atoms with van der Waals surface area (Å²) in [5.41, 5.74) is 15.2. The minimum absolute atomic E-state index is 0.110. The molecule has 3 aromatic rings. The Labute approximate surface area is 227 Å². The summed E-state index contributed by atoms with van der Waals surface area (Å²) in [4.78, 5) is 35.7. The summed E-state index contributed by atoms with van der Waals surface area (Å²) < 4.78 is 0. The molecule has 7 N–H and O–H groups in total. The third-order valence-electron chi connectivity index (χ3n) is 7.39. The van der Waals surface area contributed by atoms with Crippen LogP contribution in [0.4, 0.5) is 23.3 Å². The number of hydrogen-bond donors (Lipinski definition) is 5. The van der Waals surface area contributed by atoms with Crippen LogP contribution in [0.2, 0.25) is 0 Å². The van der Waals surface area contributed by atoms with Crippen molar-refractivity contribution >= 4 is 45.9 Å². The van der Waals surface area contributed by atoms with Crippen molar-refractivity contribution in [1.29, 1.82) is 5.41 Å². The van der Waals surface area contributed by atoms with E-state index in [1.807, 2.05) is 33.8 Å². The molecule has 2 aliphatic rings. The number of benzene rings is 1. The molecule has 2 fully saturated rings. The van der Waals surface area contributed by atoms with Gasteiger partial charge in [-0.1, -0.05) is 26.8 Å². The number of carbonyl (C=O) groups excluding carboxylic acids is 1. The average molecular weight is 530 g/mol. The van der Waals surface area contributed by atoms with Gasteiger partial charge in [0.05, 0.1) is 0 Å². The van der Waals surface area contributed by atoms with E-state index in [-0.39, 0.29) is 17.1 Å². The van der Waals surface area contributed by atoms with Crippen LogP contribution in [0.3, 0.4) is 0 Å². The zero-order chi connectivity index (χ0) is 28.1. The fraction of sp³-hybridized carbons (Fsp3) is 0.407. The van der Waals surface area contributed by atoms with Gasteiger partial charge in [0.1, 0.15) is 23.2 Å². The number of likely N-dealkylation sites (tertiary alicyclic amines) is 1. The molecule has 2 saturated heterocycles. The van der Waals surface area contributed by atoms with E-state index in [9.17, 15) is 4.79 Å². The normalized spacial score (nSPS) is 19.5. The number of nitrogens with zero attached hydrogens (tertiary/aromatic N) is 6. The first-order valence-electron chi connectivity index (χ1n) is 12.9. The van der Waals surface area contributed by atoms with Crippen molar-refractivity contribution in [3.05, 3.63) is 47.6 Å². The summed E-state index contributed by atoms with van der Waals surface area (Å²) in [5.74, 6) is 1.06. The minimum Gasteiger partial charge on any atom is -0.385 e. The van der Waals surface area contributed by atoms with Gasteiger partial charge in [-0.15, -0.1) is 0 Å². The summed E-state index contributed by atoms with van der Waals surface area (Å²) in [6.45, 7) is 9.47. The number of nitrogens with two attached hydrogens (primary N) is 2. The van der Waals surface area contributed by atoms with E-state index in [0.29, 0.717) is 57.7 Å². The summed E-state index contributed by atoms with van der Waals surface area (Å²) in [6, 6.07) is 6.11. The molecule has 2 bridgehead atoms. The number of amides is 1. The van der Waals surface area contributed by atoms with Crippen molar-refractivity contribution in [3.63, 3.8) is 0 Å². The van der Waals surface area contributed by atoms with E-state index in [1.165, 1.54) is 12.4 Å². The van der Waals surface area contributed by atoms with Crippen LogP contribution in [-0.4, -0.2) is 68.7 Å². The van der Waals surface area contributed by atoms with Crippen LogP contribution >= 0.6 is 0 Å². The van der Waals surface area contributed by atoms with Crippen LogP contribution in [0.1, 0.15) is 43.1 Å². The Morgan fingerprint density at radius 1 is 1.15 bits per heavy atom. The number of likely N-dealkylation sites (N-methyl/N-ethyl adjacent to an activating group) is 1. The molecular weight excluding hydrogens is 494 g/mol. The summed E-state index contributed by atoms with van der Waals surface area (Å²) in [7, 11) is 2.14. The lowest BCUT2D eigenvalue weighted by Gasteiger charge is -2.32. The third-order valence-corrected chi connectivity index (χ3v) is 7.39. The fourth-order valence-corrected chi connectivity index (χ4v) is 4.93. The SMILES string of the molecule is Cc1ccc(C(=O)N/C(N)=C/C(=N)C(C)(C)C)cc1Nc1ncnc2c(N)nc(N3CC4CC3CN4C)nc12. The highest BCUT2D eigenvalue weighted by Gasteiger charge is 2.42. The monoisotopic (exact) mass is 529 g/mol. The number of carbonyl (C=O) groups is 1. The highest BCUT2D eigenvalue weighted by atomic mass is 16.1. The molecule has 204 valence electrons. The Balaban J connectivity index is 1.42. The average Bonchev–Trinajstić information content (AvgIpc) is 3.44. The summed E-state index contributed by atoms with van der Waals surface area (Å²) >= 11 is 0. The molecule has 1 amide bonds. The Morgan fingerprint density at radius 2 is 1.92 bits per heavy atom. The second-order valence-corrected chi connectivity index (χ2v) is 11.3. The molecule has 0 spiro atoms. The number of nitrogen functional groups attached to an aromatic ring is 1. The largest absolute Gasteiger partial charge is 0.385 e. The predicted molar refractivity (Wildman–Crippen MR) is 153 cm³/mol. The van der Waals surface area contributed by atoms with Gasteiger partial charge in [-0.3, -0.25) is 9.69 Å². The topological polar surface area (TPSA) is 175 Å². The van der Waals surface area contributed by atoms with Crippen LogP contribution in [0.15, 0.2) is 36.4 Å². The van der Waals surface area contributed by atoms with Crippen molar-refractivity contribution in [1.82, 2.24) is 30.2 Å². The molecule has 0 aliphatic carbocycles. The van der Waals surface area contributed by atoms with Crippen LogP contribution < -0.4 is 27.0 Å². The lowest BCUT2D eigenvalue weighted by molar-refractivity contribution is 0.0965. The Hall–Kier alpha value is -4.32. The number of allylic oxidation sites excluding steroid dienone is 1. The Bertz CT molecular complexity index is 1490. The highest BCUT2D eigenvalue weighted by Crippen LogP contribution is 2.34. The molecule has 0 saturated carbocycles. The van der Waals surface area contributed by atoms with Gasteiger partial charge in [0.15, 0.2) is 11.6 Å². The number of aromatic nitrogens is 4. The maximum absolute atomic E-state index is 12.9. The number of hydrogen-bond acceptors (Lipinski definition) is 11. The fourth-order valence-electron chi connectivity index (χ4n) is 4.93. The van der Waals surface area contributed by atoms with Crippen LogP contribution in [0.25, 0.3) is 11.0 Å².